The molecule has 1 aliphatic heterocycles. The molecule has 0 bridgehead atoms. The van der Waals surface area contributed by atoms with E-state index in [0.717, 1.165) is 22.6 Å². The monoisotopic (exact) mass is 347 g/mol. The third kappa shape index (κ3) is 4.63. The van der Waals surface area contributed by atoms with E-state index < -0.39 is 0 Å². The maximum absolute atomic E-state index is 12.6. The van der Waals surface area contributed by atoms with Crippen LogP contribution in [-0.4, -0.2) is 17.6 Å². The zero-order valence-electron chi connectivity index (χ0n) is 14.5. The van der Waals surface area contributed by atoms with Gasteiger partial charge in [0.15, 0.2) is 11.5 Å². The minimum Gasteiger partial charge on any atom is -0.454 e. The molecule has 1 aliphatic rings. The smallest absolute Gasteiger partial charge is 0.231 e. The van der Waals surface area contributed by atoms with Gasteiger partial charge in [-0.15, -0.1) is 0 Å². The number of amides is 1. The van der Waals surface area contributed by atoms with Crippen molar-refractivity contribution in [3.63, 3.8) is 0 Å². The van der Waals surface area contributed by atoms with Crippen LogP contribution >= 0.6 is 0 Å². The molecule has 0 aliphatic carbocycles. The molecule has 4 nitrogen and oxygen atoms in total. The topological polar surface area (TPSA) is 38.8 Å². The van der Waals surface area contributed by atoms with E-state index in [9.17, 15) is 4.79 Å². The molecule has 0 atom stereocenters. The normalized spacial score (nSPS) is 12.6. The molecule has 0 unspecified atom stereocenters. The SMILES string of the molecule is C=C/C=C/CC(=O)N(/C=C/c1ccc2c(c1)OCO2)Cc1ccccc1. The van der Waals surface area contributed by atoms with Gasteiger partial charge in [-0.25, -0.2) is 0 Å². The number of rotatable bonds is 7. The predicted molar refractivity (Wildman–Crippen MR) is 103 cm³/mol. The van der Waals surface area contributed by atoms with Crippen molar-refractivity contribution in [3.8, 4) is 11.5 Å². The van der Waals surface area contributed by atoms with Gasteiger partial charge in [-0.3, -0.25) is 4.79 Å². The zero-order valence-corrected chi connectivity index (χ0v) is 14.5. The second-order valence-electron chi connectivity index (χ2n) is 5.80. The predicted octanol–water partition coefficient (Wildman–Crippen LogP) is 4.55. The summed E-state index contributed by atoms with van der Waals surface area (Å²) in [5.41, 5.74) is 2.02. The first-order valence-corrected chi connectivity index (χ1v) is 8.45. The van der Waals surface area contributed by atoms with Crippen molar-refractivity contribution in [2.24, 2.45) is 0 Å². The number of fused-ring (bicyclic) bond motifs is 1. The number of allylic oxidation sites excluding steroid dienone is 2. The highest BCUT2D eigenvalue weighted by atomic mass is 16.7. The largest absolute Gasteiger partial charge is 0.454 e. The fraction of sp³-hybridized carbons (Fsp3) is 0.136. The van der Waals surface area contributed by atoms with Gasteiger partial charge < -0.3 is 14.4 Å². The van der Waals surface area contributed by atoms with E-state index in [2.05, 4.69) is 6.58 Å². The number of carbonyl (C=O) groups excluding carboxylic acids is 1. The van der Waals surface area contributed by atoms with Gasteiger partial charge in [0.1, 0.15) is 0 Å². The quantitative estimate of drug-likeness (QED) is 0.690. The van der Waals surface area contributed by atoms with Gasteiger partial charge in [-0.1, -0.05) is 61.2 Å². The zero-order chi connectivity index (χ0) is 18.2. The van der Waals surface area contributed by atoms with Crippen LogP contribution in [0.5, 0.6) is 11.5 Å². The van der Waals surface area contributed by atoms with Crippen LogP contribution in [0.15, 0.2) is 79.5 Å². The summed E-state index contributed by atoms with van der Waals surface area (Å²) in [5.74, 6) is 1.49. The van der Waals surface area contributed by atoms with E-state index in [0.29, 0.717) is 13.0 Å². The van der Waals surface area contributed by atoms with Crippen LogP contribution < -0.4 is 9.47 Å². The Bertz CT molecular complexity index is 825. The summed E-state index contributed by atoms with van der Waals surface area (Å²) in [7, 11) is 0. The fourth-order valence-electron chi connectivity index (χ4n) is 2.58. The third-order valence-corrected chi connectivity index (χ3v) is 3.92. The summed E-state index contributed by atoms with van der Waals surface area (Å²) >= 11 is 0. The Morgan fingerprint density at radius 2 is 1.92 bits per heavy atom. The minimum atomic E-state index is 0.0175. The first kappa shape index (κ1) is 17.5. The lowest BCUT2D eigenvalue weighted by Gasteiger charge is -2.18. The molecule has 4 heteroatoms. The van der Waals surface area contributed by atoms with E-state index in [-0.39, 0.29) is 12.7 Å². The van der Waals surface area contributed by atoms with E-state index in [1.165, 1.54) is 0 Å². The number of hydrogen-bond acceptors (Lipinski definition) is 3. The fourth-order valence-corrected chi connectivity index (χ4v) is 2.58. The van der Waals surface area contributed by atoms with Crippen LogP contribution in [0.2, 0.25) is 0 Å². The van der Waals surface area contributed by atoms with Crippen LogP contribution in [0.3, 0.4) is 0 Å². The van der Waals surface area contributed by atoms with Gasteiger partial charge in [0.2, 0.25) is 12.7 Å². The number of carbonyl (C=O) groups is 1. The minimum absolute atomic E-state index is 0.0175. The number of nitrogens with zero attached hydrogens (tertiary/aromatic N) is 1. The number of ether oxygens (including phenoxy) is 2. The number of hydrogen-bond donors (Lipinski definition) is 0. The van der Waals surface area contributed by atoms with E-state index in [1.54, 1.807) is 17.1 Å². The van der Waals surface area contributed by atoms with Gasteiger partial charge >= 0.3 is 0 Å². The molecule has 2 aromatic carbocycles. The lowest BCUT2D eigenvalue weighted by molar-refractivity contribution is -0.128. The average molecular weight is 347 g/mol. The molecule has 1 heterocycles. The summed E-state index contributed by atoms with van der Waals surface area (Å²) in [6.45, 7) is 4.39. The van der Waals surface area contributed by atoms with Crippen molar-refractivity contribution in [1.82, 2.24) is 4.90 Å². The molecule has 132 valence electrons. The van der Waals surface area contributed by atoms with Gasteiger partial charge in [0.05, 0.1) is 6.54 Å². The van der Waals surface area contributed by atoms with Gasteiger partial charge in [-0.05, 0) is 29.3 Å². The van der Waals surface area contributed by atoms with Crippen molar-refractivity contribution >= 4 is 12.0 Å². The Balaban J connectivity index is 1.76. The highest BCUT2D eigenvalue weighted by molar-refractivity contribution is 5.79. The summed E-state index contributed by atoms with van der Waals surface area (Å²) in [6.07, 6.45) is 9.29. The second-order valence-corrected chi connectivity index (χ2v) is 5.80. The highest BCUT2D eigenvalue weighted by Crippen LogP contribution is 2.32. The Morgan fingerprint density at radius 1 is 1.12 bits per heavy atom. The molecule has 0 saturated heterocycles. The van der Waals surface area contributed by atoms with Crippen LogP contribution in [0.1, 0.15) is 17.5 Å². The molecule has 0 fully saturated rings. The van der Waals surface area contributed by atoms with Gasteiger partial charge in [0.25, 0.3) is 0 Å². The summed E-state index contributed by atoms with van der Waals surface area (Å²) in [6, 6.07) is 15.6. The molecule has 2 aromatic rings. The van der Waals surface area contributed by atoms with Crippen LogP contribution in [0, 0.1) is 0 Å². The van der Waals surface area contributed by atoms with E-state index >= 15 is 0 Å². The van der Waals surface area contributed by atoms with Crippen molar-refractivity contribution in [1.29, 1.82) is 0 Å². The highest BCUT2D eigenvalue weighted by Gasteiger charge is 2.13. The maximum atomic E-state index is 12.6. The standard InChI is InChI=1S/C22H21NO3/c1-2-3-5-10-22(24)23(16-19-8-6-4-7-9-19)14-13-18-11-12-20-21(15-18)26-17-25-20/h2-9,11-15H,1,10,16-17H2/b5-3+,14-13+. The molecule has 1 amide bonds. The molecule has 0 radical (unpaired) electrons. The van der Waals surface area contributed by atoms with Crippen molar-refractivity contribution < 1.29 is 14.3 Å². The Morgan fingerprint density at radius 3 is 2.73 bits per heavy atom. The average Bonchev–Trinajstić information content (AvgIpc) is 3.14. The van der Waals surface area contributed by atoms with Crippen LogP contribution in [0.25, 0.3) is 6.08 Å². The van der Waals surface area contributed by atoms with E-state index in [1.807, 2.05) is 66.9 Å². The number of benzene rings is 2. The first-order valence-electron chi connectivity index (χ1n) is 8.45. The molecule has 0 aromatic heterocycles. The van der Waals surface area contributed by atoms with Crippen molar-refractivity contribution in [2.75, 3.05) is 6.79 Å². The Hall–Kier alpha value is -3.27. The molecule has 3 rings (SSSR count). The molecular weight excluding hydrogens is 326 g/mol. The van der Waals surface area contributed by atoms with Crippen molar-refractivity contribution in [3.05, 3.63) is 90.7 Å². The molecular formula is C22H21NO3. The van der Waals surface area contributed by atoms with E-state index in [4.69, 9.17) is 9.47 Å². The third-order valence-electron chi connectivity index (χ3n) is 3.92. The molecule has 0 spiro atoms. The first-order chi connectivity index (χ1) is 12.8. The van der Waals surface area contributed by atoms with Gasteiger partial charge in [0, 0.05) is 12.6 Å². The second kappa shape index (κ2) is 8.72. The summed E-state index contributed by atoms with van der Waals surface area (Å²) < 4.78 is 10.7. The molecule has 0 saturated carbocycles. The lowest BCUT2D eigenvalue weighted by Crippen LogP contribution is -2.24. The van der Waals surface area contributed by atoms with Crippen molar-refractivity contribution in [2.45, 2.75) is 13.0 Å². The maximum Gasteiger partial charge on any atom is 0.231 e. The van der Waals surface area contributed by atoms with Crippen LogP contribution in [-0.2, 0) is 11.3 Å². The lowest BCUT2D eigenvalue weighted by atomic mass is 10.2. The molecule has 0 N–H and O–H groups in total. The Labute approximate surface area is 153 Å². The summed E-state index contributed by atoms with van der Waals surface area (Å²) in [4.78, 5) is 14.3. The van der Waals surface area contributed by atoms with Crippen LogP contribution in [0.4, 0.5) is 0 Å². The summed E-state index contributed by atoms with van der Waals surface area (Å²) in [5, 5.41) is 0. The van der Waals surface area contributed by atoms with Gasteiger partial charge in [-0.2, -0.15) is 0 Å². The Kier molecular flexibility index (Phi) is 5.88. The molecule has 26 heavy (non-hydrogen) atoms.